The summed E-state index contributed by atoms with van der Waals surface area (Å²) in [6.07, 6.45) is 0. The number of amides is 1. The molecular weight excluding hydrogens is 385 g/mol. The summed E-state index contributed by atoms with van der Waals surface area (Å²) in [4.78, 5) is 14.9. The molecule has 1 aliphatic heterocycles. The fourth-order valence-corrected chi connectivity index (χ4v) is 3.32. The van der Waals surface area contributed by atoms with E-state index in [0.29, 0.717) is 47.7 Å². The molecular formula is C20H17Cl2N3O2. The quantitative estimate of drug-likeness (QED) is 0.656. The molecule has 3 aromatic rings. The maximum absolute atomic E-state index is 13.1. The molecule has 0 radical (unpaired) electrons. The van der Waals surface area contributed by atoms with Crippen molar-refractivity contribution in [2.75, 3.05) is 26.3 Å². The number of morpholine rings is 1. The van der Waals surface area contributed by atoms with Gasteiger partial charge in [0.2, 0.25) is 0 Å². The molecule has 1 amide bonds. The number of aromatic nitrogens is 2. The Balaban J connectivity index is 1.81. The fourth-order valence-electron chi connectivity index (χ4n) is 3.03. The lowest BCUT2D eigenvalue weighted by Gasteiger charge is -2.26. The monoisotopic (exact) mass is 401 g/mol. The third-order valence-corrected chi connectivity index (χ3v) is 5.18. The minimum Gasteiger partial charge on any atom is -0.378 e. The van der Waals surface area contributed by atoms with Crippen molar-refractivity contribution in [3.05, 3.63) is 70.3 Å². The van der Waals surface area contributed by atoms with Gasteiger partial charge in [-0.2, -0.15) is 5.10 Å². The number of nitrogens with zero attached hydrogens (tertiary/aromatic N) is 3. The Bertz CT molecular complexity index is 967. The van der Waals surface area contributed by atoms with Gasteiger partial charge < -0.3 is 9.64 Å². The number of benzene rings is 2. The summed E-state index contributed by atoms with van der Waals surface area (Å²) in [5.41, 5.74) is 2.82. The lowest BCUT2D eigenvalue weighted by atomic mass is 10.1. The first kappa shape index (κ1) is 18.0. The number of halogens is 2. The molecule has 2 heterocycles. The van der Waals surface area contributed by atoms with Crippen LogP contribution in [-0.2, 0) is 4.74 Å². The standard InChI is InChI=1S/C20H17Cl2N3O2/c21-16-7-6-15(12-17(16)22)25-19(20(26)24-8-10-27-11-9-24)13-18(23-25)14-4-2-1-3-5-14/h1-7,12-13H,8-11H2. The molecule has 5 nitrogen and oxygen atoms in total. The van der Waals surface area contributed by atoms with Crippen LogP contribution in [0.4, 0.5) is 0 Å². The van der Waals surface area contributed by atoms with Gasteiger partial charge in [0.05, 0.1) is 34.6 Å². The predicted octanol–water partition coefficient (Wildman–Crippen LogP) is 4.32. The molecule has 1 aliphatic rings. The molecule has 0 atom stereocenters. The number of rotatable bonds is 3. The smallest absolute Gasteiger partial charge is 0.272 e. The van der Waals surface area contributed by atoms with E-state index in [-0.39, 0.29) is 5.91 Å². The van der Waals surface area contributed by atoms with Crippen LogP contribution in [0.1, 0.15) is 10.5 Å². The van der Waals surface area contributed by atoms with Gasteiger partial charge >= 0.3 is 0 Å². The predicted molar refractivity (Wildman–Crippen MR) is 106 cm³/mol. The Kier molecular flexibility index (Phi) is 5.16. The van der Waals surface area contributed by atoms with Gasteiger partial charge in [0, 0.05) is 18.7 Å². The van der Waals surface area contributed by atoms with Crippen LogP contribution >= 0.6 is 23.2 Å². The first-order chi connectivity index (χ1) is 13.1. The maximum atomic E-state index is 13.1. The van der Waals surface area contributed by atoms with Crippen LogP contribution in [0.2, 0.25) is 10.0 Å². The largest absolute Gasteiger partial charge is 0.378 e. The number of carbonyl (C=O) groups is 1. The van der Waals surface area contributed by atoms with Crippen LogP contribution in [0.5, 0.6) is 0 Å². The molecule has 27 heavy (non-hydrogen) atoms. The summed E-state index contributed by atoms with van der Waals surface area (Å²) in [5, 5.41) is 5.54. The zero-order chi connectivity index (χ0) is 18.8. The zero-order valence-electron chi connectivity index (χ0n) is 14.4. The second kappa shape index (κ2) is 7.72. The Morgan fingerprint density at radius 1 is 0.963 bits per heavy atom. The van der Waals surface area contributed by atoms with Crippen LogP contribution < -0.4 is 0 Å². The number of carbonyl (C=O) groups excluding carboxylic acids is 1. The molecule has 0 spiro atoms. The number of ether oxygens (including phenoxy) is 1. The highest BCUT2D eigenvalue weighted by Gasteiger charge is 2.24. The third-order valence-electron chi connectivity index (χ3n) is 4.44. The second-order valence-electron chi connectivity index (χ2n) is 6.20. The minimum atomic E-state index is -0.0842. The van der Waals surface area contributed by atoms with Crippen molar-refractivity contribution in [2.45, 2.75) is 0 Å². The molecule has 1 fully saturated rings. The highest BCUT2D eigenvalue weighted by atomic mass is 35.5. The minimum absolute atomic E-state index is 0.0842. The molecule has 0 aliphatic carbocycles. The molecule has 1 saturated heterocycles. The van der Waals surface area contributed by atoms with E-state index < -0.39 is 0 Å². The van der Waals surface area contributed by atoms with E-state index in [4.69, 9.17) is 27.9 Å². The Morgan fingerprint density at radius 2 is 1.70 bits per heavy atom. The second-order valence-corrected chi connectivity index (χ2v) is 7.01. The average molecular weight is 402 g/mol. The first-order valence-corrected chi connectivity index (χ1v) is 9.37. The van der Waals surface area contributed by atoms with Crippen LogP contribution in [0.15, 0.2) is 54.6 Å². The number of hydrogen-bond acceptors (Lipinski definition) is 3. The average Bonchev–Trinajstić information content (AvgIpc) is 3.16. The normalized spacial score (nSPS) is 14.4. The molecule has 4 rings (SSSR count). The molecule has 0 N–H and O–H groups in total. The summed E-state index contributed by atoms with van der Waals surface area (Å²) in [6.45, 7) is 2.20. The number of hydrogen-bond donors (Lipinski definition) is 0. The van der Waals surface area contributed by atoms with E-state index in [0.717, 1.165) is 11.3 Å². The van der Waals surface area contributed by atoms with Crippen molar-refractivity contribution in [3.63, 3.8) is 0 Å². The van der Waals surface area contributed by atoms with E-state index >= 15 is 0 Å². The zero-order valence-corrected chi connectivity index (χ0v) is 16.0. The van der Waals surface area contributed by atoms with Crippen molar-refractivity contribution in [1.82, 2.24) is 14.7 Å². The summed E-state index contributed by atoms with van der Waals surface area (Å²) in [5.74, 6) is -0.0842. The summed E-state index contributed by atoms with van der Waals surface area (Å²) in [6, 6.07) is 16.8. The summed E-state index contributed by atoms with van der Waals surface area (Å²) in [7, 11) is 0. The van der Waals surface area contributed by atoms with Crippen molar-refractivity contribution in [2.24, 2.45) is 0 Å². The molecule has 1 aromatic heterocycles. The third kappa shape index (κ3) is 3.72. The molecule has 0 saturated carbocycles. The Hall–Kier alpha value is -2.34. The molecule has 7 heteroatoms. The van der Waals surface area contributed by atoms with Crippen molar-refractivity contribution < 1.29 is 9.53 Å². The van der Waals surface area contributed by atoms with Crippen LogP contribution in [0, 0.1) is 0 Å². The lowest BCUT2D eigenvalue weighted by Crippen LogP contribution is -2.41. The van der Waals surface area contributed by atoms with E-state index in [1.54, 1.807) is 27.8 Å². The van der Waals surface area contributed by atoms with E-state index in [1.807, 2.05) is 36.4 Å². The van der Waals surface area contributed by atoms with Gasteiger partial charge in [-0.05, 0) is 24.3 Å². The molecule has 0 unspecified atom stereocenters. The van der Waals surface area contributed by atoms with Crippen molar-refractivity contribution >= 4 is 29.1 Å². The summed E-state index contributed by atoms with van der Waals surface area (Å²) >= 11 is 12.2. The van der Waals surface area contributed by atoms with E-state index in [2.05, 4.69) is 5.10 Å². The van der Waals surface area contributed by atoms with Gasteiger partial charge in [0.25, 0.3) is 5.91 Å². The Morgan fingerprint density at radius 3 is 2.41 bits per heavy atom. The summed E-state index contributed by atoms with van der Waals surface area (Å²) < 4.78 is 6.98. The molecule has 0 bridgehead atoms. The molecule has 138 valence electrons. The van der Waals surface area contributed by atoms with Crippen molar-refractivity contribution in [1.29, 1.82) is 0 Å². The SMILES string of the molecule is O=C(c1cc(-c2ccccc2)nn1-c1ccc(Cl)c(Cl)c1)N1CCOCC1. The molecule has 2 aromatic carbocycles. The Labute approximate surface area is 167 Å². The fraction of sp³-hybridized carbons (Fsp3) is 0.200. The van der Waals surface area contributed by atoms with Crippen LogP contribution in [0.3, 0.4) is 0 Å². The highest BCUT2D eigenvalue weighted by Crippen LogP contribution is 2.27. The van der Waals surface area contributed by atoms with Gasteiger partial charge in [0.1, 0.15) is 5.69 Å². The van der Waals surface area contributed by atoms with Gasteiger partial charge in [-0.15, -0.1) is 0 Å². The maximum Gasteiger partial charge on any atom is 0.272 e. The van der Waals surface area contributed by atoms with E-state index in [1.165, 1.54) is 0 Å². The van der Waals surface area contributed by atoms with Gasteiger partial charge in [-0.3, -0.25) is 4.79 Å². The van der Waals surface area contributed by atoms with E-state index in [9.17, 15) is 4.79 Å². The topological polar surface area (TPSA) is 47.4 Å². The van der Waals surface area contributed by atoms with Crippen molar-refractivity contribution in [3.8, 4) is 16.9 Å². The van der Waals surface area contributed by atoms with Gasteiger partial charge in [-0.25, -0.2) is 4.68 Å². The van der Waals surface area contributed by atoms with Gasteiger partial charge in [0.15, 0.2) is 0 Å². The lowest BCUT2D eigenvalue weighted by molar-refractivity contribution is 0.0297. The van der Waals surface area contributed by atoms with Crippen LogP contribution in [0.25, 0.3) is 16.9 Å². The van der Waals surface area contributed by atoms with Gasteiger partial charge in [-0.1, -0.05) is 53.5 Å². The first-order valence-electron chi connectivity index (χ1n) is 8.61. The highest BCUT2D eigenvalue weighted by molar-refractivity contribution is 6.42. The van der Waals surface area contributed by atoms with Crippen LogP contribution in [-0.4, -0.2) is 46.9 Å².